The summed E-state index contributed by atoms with van der Waals surface area (Å²) < 4.78 is 92.4. The third-order valence-electron chi connectivity index (χ3n) is 20.2. The van der Waals surface area contributed by atoms with Crippen molar-refractivity contribution < 1.29 is 41.0 Å². The smallest absolute Gasteiger partial charge is 0.192 e. The molecule has 450 valence electrons. The van der Waals surface area contributed by atoms with Gasteiger partial charge in [0.05, 0.1) is 119 Å². The van der Waals surface area contributed by atoms with E-state index in [2.05, 4.69) is 97.6 Å². The van der Waals surface area contributed by atoms with Crippen LogP contribution in [-0.2, 0) is 8.85 Å². The van der Waals surface area contributed by atoms with Gasteiger partial charge in [-0.15, -0.1) is 0 Å². The number of nitrogens with zero attached hydrogens (tertiary/aromatic N) is 9. The average Bonchev–Trinajstić information content (AvgIpc) is 2.23. The van der Waals surface area contributed by atoms with Crippen molar-refractivity contribution in [3.05, 3.63) is 109 Å². The number of aliphatic hydroxyl groups is 2. The largest absolute Gasteiger partial charge is 0.414 e. The Morgan fingerprint density at radius 1 is 0.554 bits per heavy atom. The molecule has 3 saturated carbocycles. The number of fused-ring (bicyclic) bond motifs is 9. The van der Waals surface area contributed by atoms with Crippen LogP contribution in [0.3, 0.4) is 0 Å². The van der Waals surface area contributed by atoms with Crippen LogP contribution in [0.5, 0.6) is 0 Å². The number of aliphatic hydroxyl groups excluding tert-OH is 2. The number of imidazole rings is 3. The van der Waals surface area contributed by atoms with E-state index in [0.717, 1.165) is 49.9 Å². The van der Waals surface area contributed by atoms with E-state index in [1.807, 2.05) is 13.7 Å². The van der Waals surface area contributed by atoms with Gasteiger partial charge in [0.1, 0.15) is 28.8 Å². The summed E-state index contributed by atoms with van der Waals surface area (Å²) in [5, 5.41) is 21.0. The maximum Gasteiger partial charge on any atom is 0.192 e. The van der Waals surface area contributed by atoms with Gasteiger partial charge in [-0.2, -0.15) is 0 Å². The average molecular weight is 1180 g/mol. The Balaban J connectivity index is 0.000000140. The minimum absolute atomic E-state index is 0.151. The van der Waals surface area contributed by atoms with Crippen molar-refractivity contribution in [3.63, 3.8) is 0 Å². The molecular weight excluding hydrogens is 1100 g/mol. The van der Waals surface area contributed by atoms with Crippen molar-refractivity contribution in [1.82, 2.24) is 43.6 Å². The molecule has 0 aromatic carbocycles. The summed E-state index contributed by atoms with van der Waals surface area (Å²) in [7, 11) is -3.60. The number of aromatic nitrogens is 9. The van der Waals surface area contributed by atoms with Crippen molar-refractivity contribution in [1.29, 1.82) is 0 Å². The van der Waals surface area contributed by atoms with Crippen LogP contribution in [0.25, 0.3) is 33.8 Å². The van der Waals surface area contributed by atoms with E-state index in [-0.39, 0.29) is 63.8 Å². The fraction of sp³-hybridized carbons (Fsp3) is 0.619. The molecule has 2 N–H and O–H groups in total. The van der Waals surface area contributed by atoms with Crippen molar-refractivity contribution >= 4 is 16.6 Å². The number of hydrogen-bond donors (Lipinski definition) is 2. The maximum absolute atomic E-state index is 15.7. The van der Waals surface area contributed by atoms with Crippen molar-refractivity contribution in [2.24, 2.45) is 5.92 Å². The third kappa shape index (κ3) is 12.7. The summed E-state index contributed by atoms with van der Waals surface area (Å²) in [6.07, 6.45) is 25.0. The number of halogens is 5. The lowest BCUT2D eigenvalue weighted by Crippen LogP contribution is -2.46. The Morgan fingerprint density at radius 2 is 0.904 bits per heavy atom. The van der Waals surface area contributed by atoms with Gasteiger partial charge < -0.3 is 32.8 Å². The van der Waals surface area contributed by atoms with Gasteiger partial charge in [0.2, 0.25) is 0 Å². The second-order valence-corrected chi connectivity index (χ2v) is 37.2. The lowest BCUT2D eigenvalue weighted by atomic mass is 9.81. The molecule has 0 bridgehead atoms. The Labute approximate surface area is 488 Å². The first-order valence-corrected chi connectivity index (χ1v) is 36.1. The van der Waals surface area contributed by atoms with Gasteiger partial charge in [-0.05, 0) is 163 Å². The lowest BCUT2D eigenvalue weighted by Gasteiger charge is -2.42. The predicted molar refractivity (Wildman–Crippen MR) is 316 cm³/mol. The second-order valence-electron chi connectivity index (χ2n) is 27.7. The van der Waals surface area contributed by atoms with Crippen LogP contribution in [0.1, 0.15) is 186 Å². The summed E-state index contributed by atoms with van der Waals surface area (Å²) in [6, 6.07) is 3.62. The zero-order valence-electron chi connectivity index (χ0n) is 50.2. The van der Waals surface area contributed by atoms with Crippen LogP contribution in [-0.4, -0.2) is 106 Å². The molecule has 0 saturated heterocycles. The SMILES string of the molecule is CC(C)(C)[Si](C)(C)OC1CCC(C(O)CC2c3nccc(F)c3-c3cncn32)CC1.CC(C)(C)[Si](C)(C)OC1CCC(F)(CCC2c3nccc(F)c3-c3cncn32)CC1.OC1CCC(F)(CCC2c3nccc(F)c3-c3cncn32)CC1. The highest BCUT2D eigenvalue weighted by atomic mass is 28.4. The van der Waals surface area contributed by atoms with E-state index in [9.17, 15) is 27.8 Å². The molecule has 4 atom stereocenters. The Bertz CT molecular complexity index is 3200. The number of rotatable bonds is 13. The second kappa shape index (κ2) is 23.7. The van der Waals surface area contributed by atoms with Crippen LogP contribution in [0.4, 0.5) is 22.0 Å². The van der Waals surface area contributed by atoms with E-state index in [4.69, 9.17) is 8.85 Å². The summed E-state index contributed by atoms with van der Waals surface area (Å²) in [5.41, 5.74) is 3.37. The molecule has 20 heteroatoms. The molecule has 6 aromatic heterocycles. The van der Waals surface area contributed by atoms with E-state index in [0.29, 0.717) is 116 Å². The van der Waals surface area contributed by atoms with Gasteiger partial charge >= 0.3 is 0 Å². The molecule has 4 unspecified atom stereocenters. The summed E-state index contributed by atoms with van der Waals surface area (Å²) in [4.78, 5) is 25.7. The topological polar surface area (TPSA) is 151 Å². The van der Waals surface area contributed by atoms with Crippen LogP contribution >= 0.6 is 0 Å². The minimum Gasteiger partial charge on any atom is -0.414 e. The first-order valence-electron chi connectivity index (χ1n) is 30.3. The molecule has 6 aliphatic rings. The van der Waals surface area contributed by atoms with E-state index >= 15 is 4.39 Å². The van der Waals surface area contributed by atoms with Gasteiger partial charge in [0.15, 0.2) is 16.6 Å². The van der Waals surface area contributed by atoms with Gasteiger partial charge in [0.25, 0.3) is 0 Å². The molecule has 0 radical (unpaired) electrons. The van der Waals surface area contributed by atoms with Gasteiger partial charge in [-0.25, -0.2) is 36.9 Å². The van der Waals surface area contributed by atoms with Crippen LogP contribution in [0, 0.1) is 23.4 Å². The lowest BCUT2D eigenvalue weighted by molar-refractivity contribution is 0.0252. The van der Waals surface area contributed by atoms with Gasteiger partial charge in [-0.1, -0.05) is 41.5 Å². The quantitative estimate of drug-likeness (QED) is 0.0845. The molecule has 0 amide bonds. The highest BCUT2D eigenvalue weighted by Crippen LogP contribution is 2.49. The zero-order valence-corrected chi connectivity index (χ0v) is 52.2. The van der Waals surface area contributed by atoms with Crippen LogP contribution in [0.2, 0.25) is 36.3 Å². The number of alkyl halides is 2. The third-order valence-corrected chi connectivity index (χ3v) is 29.3. The molecular formula is C63H86F5N9O4Si2. The highest BCUT2D eigenvalue weighted by Gasteiger charge is 2.45. The van der Waals surface area contributed by atoms with Crippen LogP contribution < -0.4 is 0 Å². The fourth-order valence-electron chi connectivity index (χ4n) is 13.1. The first-order chi connectivity index (χ1) is 39.2. The normalized spacial score (nSPS) is 26.8. The van der Waals surface area contributed by atoms with E-state index in [1.54, 1.807) is 37.6 Å². The van der Waals surface area contributed by atoms with Gasteiger partial charge in [-0.3, -0.25) is 15.0 Å². The molecule has 83 heavy (non-hydrogen) atoms. The van der Waals surface area contributed by atoms with E-state index in [1.165, 1.54) is 36.8 Å². The molecule has 9 heterocycles. The Kier molecular flexibility index (Phi) is 17.4. The Hall–Kier alpha value is -5.00. The summed E-state index contributed by atoms with van der Waals surface area (Å²) >= 11 is 0. The van der Waals surface area contributed by atoms with Crippen molar-refractivity contribution in [2.45, 2.75) is 241 Å². The maximum atomic E-state index is 15.7. The number of pyridine rings is 3. The predicted octanol–water partition coefficient (Wildman–Crippen LogP) is 15.2. The van der Waals surface area contributed by atoms with Crippen molar-refractivity contribution in [3.8, 4) is 33.8 Å². The standard InChI is InChI=1S/C23H33F2N3OSi.C23H34FN3O2Si.C17H19F2N3O/c1-22(2,3)30(4,5)29-16-6-10-23(25,11-7-16)12-8-18-21-20(17(24)9-13-27-21)19-14-26-15-28(18)19;1-23(2,3)30(4,5)29-16-8-6-15(7-9-16)20(28)12-18-22-21(17(24)10-11-26-22)19-13-25-14-27(18)19;18-12-4-8-21-16-13(22-10-20-9-14(22)15(12)16)3-7-17(19)5-1-11(23)2-6-17/h9,13-16,18H,6-8,10-12H2,1-5H3;10-11,13-16,18,20,28H,6-9,12H2,1-5H3;4,8-11,13,23H,1-3,5-7H2. The van der Waals surface area contributed by atoms with Gasteiger partial charge in [0, 0.05) is 37.2 Å². The van der Waals surface area contributed by atoms with Crippen LogP contribution in [0.15, 0.2) is 74.4 Å². The molecule has 0 spiro atoms. The van der Waals surface area contributed by atoms with E-state index < -0.39 is 34.1 Å². The molecule has 3 aliphatic heterocycles. The summed E-state index contributed by atoms with van der Waals surface area (Å²) in [5.74, 6) is -0.631. The van der Waals surface area contributed by atoms with Crippen molar-refractivity contribution in [2.75, 3.05) is 0 Å². The highest BCUT2D eigenvalue weighted by molar-refractivity contribution is 6.74. The monoisotopic (exact) mass is 1180 g/mol. The zero-order chi connectivity index (χ0) is 59.4. The molecule has 12 rings (SSSR count). The minimum atomic E-state index is -1.83. The molecule has 3 aliphatic carbocycles. The molecule has 6 aromatic rings. The Morgan fingerprint density at radius 3 is 1.29 bits per heavy atom. The summed E-state index contributed by atoms with van der Waals surface area (Å²) in [6.45, 7) is 22.7. The molecule has 3 fully saturated rings. The fourth-order valence-corrected chi connectivity index (χ4v) is 16.0. The first kappa shape index (κ1) is 61.1. The molecule has 13 nitrogen and oxygen atoms in total. The number of hydrogen-bond acceptors (Lipinski definition) is 10.